The second-order valence-electron chi connectivity index (χ2n) is 6.55. The van der Waals surface area contributed by atoms with Crippen LogP contribution in [0.1, 0.15) is 30.5 Å². The Morgan fingerprint density at radius 2 is 1.50 bits per heavy atom. The summed E-state index contributed by atoms with van der Waals surface area (Å²) < 4.78 is 0. The number of hydrogen-bond donors (Lipinski definition) is 2. The summed E-state index contributed by atoms with van der Waals surface area (Å²) in [4.78, 5) is 2.12. The molecule has 3 atom stereocenters. The number of aliphatic hydroxyl groups is 2. The van der Waals surface area contributed by atoms with Gasteiger partial charge in [-0.2, -0.15) is 0 Å². The van der Waals surface area contributed by atoms with Crippen LogP contribution in [-0.4, -0.2) is 34.3 Å². The van der Waals surface area contributed by atoms with Gasteiger partial charge in [-0.05, 0) is 25.1 Å². The van der Waals surface area contributed by atoms with Crippen LogP contribution in [0.4, 0.5) is 0 Å². The van der Waals surface area contributed by atoms with Crippen molar-refractivity contribution in [3.8, 4) is 0 Å². The summed E-state index contributed by atoms with van der Waals surface area (Å²) in [5.74, 6) is 0. The fourth-order valence-corrected chi connectivity index (χ4v) is 3.57. The Morgan fingerprint density at radius 1 is 0.955 bits per heavy atom. The average molecular weight is 297 g/mol. The molecule has 0 unspecified atom stereocenters. The average Bonchev–Trinajstić information content (AvgIpc) is 2.52. The predicted octanol–water partition coefficient (Wildman–Crippen LogP) is 2.70. The Morgan fingerprint density at radius 3 is 2.09 bits per heavy atom. The highest BCUT2D eigenvalue weighted by Gasteiger charge is 2.53. The number of β-amino-alcohol motifs (C(OH)–C–C–N with tert-alkyl or cyclic N) is 1. The van der Waals surface area contributed by atoms with Gasteiger partial charge in [0.2, 0.25) is 0 Å². The number of piperidine rings is 1. The minimum absolute atomic E-state index is 0.0756. The third-order valence-electron chi connectivity index (χ3n) is 4.90. The lowest BCUT2D eigenvalue weighted by molar-refractivity contribution is -0.197. The minimum atomic E-state index is -1.26. The van der Waals surface area contributed by atoms with E-state index in [4.69, 9.17) is 0 Å². The van der Waals surface area contributed by atoms with Crippen molar-refractivity contribution >= 4 is 0 Å². The molecular formula is C19H23NO2. The maximum Gasteiger partial charge on any atom is 0.121 e. The molecule has 0 aliphatic carbocycles. The van der Waals surface area contributed by atoms with E-state index in [1.807, 2.05) is 55.6 Å². The van der Waals surface area contributed by atoms with E-state index in [1.54, 1.807) is 6.92 Å². The van der Waals surface area contributed by atoms with Crippen LogP contribution < -0.4 is 0 Å². The highest BCUT2D eigenvalue weighted by Crippen LogP contribution is 2.46. The third kappa shape index (κ3) is 2.45. The minimum Gasteiger partial charge on any atom is -0.385 e. The molecule has 1 aliphatic rings. The van der Waals surface area contributed by atoms with Crippen molar-refractivity contribution in [1.29, 1.82) is 0 Å². The topological polar surface area (TPSA) is 43.7 Å². The van der Waals surface area contributed by atoms with Crippen molar-refractivity contribution in [1.82, 2.24) is 4.90 Å². The van der Waals surface area contributed by atoms with Crippen molar-refractivity contribution in [2.45, 2.75) is 30.6 Å². The van der Waals surface area contributed by atoms with Gasteiger partial charge in [-0.15, -0.1) is 0 Å². The van der Waals surface area contributed by atoms with Crippen molar-refractivity contribution in [3.63, 3.8) is 0 Å². The number of rotatable bonds is 2. The van der Waals surface area contributed by atoms with E-state index in [2.05, 4.69) is 17.0 Å². The second-order valence-corrected chi connectivity index (χ2v) is 6.55. The largest absolute Gasteiger partial charge is 0.385 e. The molecule has 2 N–H and O–H groups in total. The summed E-state index contributed by atoms with van der Waals surface area (Å²) >= 11 is 0. The van der Waals surface area contributed by atoms with Gasteiger partial charge in [0.05, 0.1) is 0 Å². The van der Waals surface area contributed by atoms with E-state index < -0.39 is 11.2 Å². The Hall–Kier alpha value is -1.68. The molecule has 2 aromatic carbocycles. The molecule has 22 heavy (non-hydrogen) atoms. The predicted molar refractivity (Wildman–Crippen MR) is 87.4 cm³/mol. The van der Waals surface area contributed by atoms with Crippen LogP contribution in [-0.2, 0) is 5.60 Å². The van der Waals surface area contributed by atoms with Crippen LogP contribution in [0.2, 0.25) is 0 Å². The van der Waals surface area contributed by atoms with Gasteiger partial charge < -0.3 is 10.2 Å². The molecule has 0 bridgehead atoms. The van der Waals surface area contributed by atoms with E-state index in [-0.39, 0.29) is 6.04 Å². The first-order valence-corrected chi connectivity index (χ1v) is 7.69. The van der Waals surface area contributed by atoms with Crippen LogP contribution in [0.3, 0.4) is 0 Å². The van der Waals surface area contributed by atoms with Gasteiger partial charge in [0.1, 0.15) is 11.2 Å². The van der Waals surface area contributed by atoms with Gasteiger partial charge in [-0.3, -0.25) is 4.90 Å². The van der Waals surface area contributed by atoms with Crippen molar-refractivity contribution < 1.29 is 10.2 Å². The molecule has 0 aromatic heterocycles. The molecule has 1 fully saturated rings. The fraction of sp³-hybridized carbons (Fsp3) is 0.368. The Balaban J connectivity index is 2.02. The second kappa shape index (κ2) is 5.51. The molecule has 1 heterocycles. The summed E-state index contributed by atoms with van der Waals surface area (Å²) in [6.45, 7) is 2.13. The summed E-state index contributed by atoms with van der Waals surface area (Å²) in [6.07, 6.45) is 0.463. The quantitative estimate of drug-likeness (QED) is 0.896. The van der Waals surface area contributed by atoms with Crippen LogP contribution in [0.25, 0.3) is 0 Å². The molecule has 3 heteroatoms. The van der Waals surface area contributed by atoms with Gasteiger partial charge in [-0.25, -0.2) is 0 Å². The standard InChI is InChI=1S/C19H23NO2/c1-18(21)14-20(2)17(15-9-5-3-6-10-15)13-19(18,22)16-11-7-4-8-12-16/h3-12,17,21-22H,13-14H2,1-2H3/t17-,18-,19-/m1/s1. The number of hydrogen-bond acceptors (Lipinski definition) is 3. The number of likely N-dealkylation sites (tertiary alicyclic amines) is 1. The summed E-state index contributed by atoms with van der Waals surface area (Å²) in [7, 11) is 2.00. The first kappa shape index (κ1) is 15.2. The summed E-state index contributed by atoms with van der Waals surface area (Å²) in [5.41, 5.74) is -0.528. The van der Waals surface area contributed by atoms with E-state index in [0.717, 1.165) is 11.1 Å². The monoisotopic (exact) mass is 297 g/mol. The lowest BCUT2D eigenvalue weighted by atomic mass is 9.70. The van der Waals surface area contributed by atoms with Crippen molar-refractivity contribution in [2.24, 2.45) is 0 Å². The SMILES string of the molecule is CN1C[C@@](C)(O)[C@](O)(c2ccccc2)C[C@@H]1c1ccccc1. The molecule has 1 aliphatic heterocycles. The van der Waals surface area contributed by atoms with Crippen LogP contribution in [0, 0.1) is 0 Å². The fourth-order valence-electron chi connectivity index (χ4n) is 3.57. The molecule has 0 saturated carbocycles. The first-order chi connectivity index (χ1) is 10.4. The van der Waals surface area contributed by atoms with Gasteiger partial charge in [0, 0.05) is 19.0 Å². The van der Waals surface area contributed by atoms with Gasteiger partial charge in [0.25, 0.3) is 0 Å². The maximum absolute atomic E-state index is 11.3. The highest BCUT2D eigenvalue weighted by atomic mass is 16.4. The number of benzene rings is 2. The van der Waals surface area contributed by atoms with Crippen molar-refractivity contribution in [3.05, 3.63) is 71.8 Å². The molecule has 116 valence electrons. The van der Waals surface area contributed by atoms with Crippen molar-refractivity contribution in [2.75, 3.05) is 13.6 Å². The third-order valence-corrected chi connectivity index (χ3v) is 4.90. The van der Waals surface area contributed by atoms with Gasteiger partial charge in [0.15, 0.2) is 0 Å². The van der Waals surface area contributed by atoms with Crippen LogP contribution in [0.15, 0.2) is 60.7 Å². The molecule has 3 nitrogen and oxygen atoms in total. The normalized spacial score (nSPS) is 32.8. The Bertz CT molecular complexity index is 626. The zero-order chi connectivity index (χ0) is 15.8. The highest BCUT2D eigenvalue weighted by molar-refractivity contribution is 5.30. The molecule has 0 radical (unpaired) electrons. The molecular weight excluding hydrogens is 274 g/mol. The molecule has 0 amide bonds. The Labute approximate surface area is 131 Å². The Kier molecular flexibility index (Phi) is 3.81. The lowest BCUT2D eigenvalue weighted by Crippen LogP contribution is -2.61. The van der Waals surface area contributed by atoms with Gasteiger partial charge >= 0.3 is 0 Å². The smallest absolute Gasteiger partial charge is 0.121 e. The molecule has 1 saturated heterocycles. The maximum atomic E-state index is 11.3. The van der Waals surface area contributed by atoms with E-state index in [9.17, 15) is 10.2 Å². The van der Waals surface area contributed by atoms with Crippen LogP contribution in [0.5, 0.6) is 0 Å². The van der Waals surface area contributed by atoms with Gasteiger partial charge in [-0.1, -0.05) is 60.7 Å². The zero-order valence-corrected chi connectivity index (χ0v) is 13.1. The number of nitrogens with zero attached hydrogens (tertiary/aromatic N) is 1. The van der Waals surface area contributed by atoms with Crippen LogP contribution >= 0.6 is 0 Å². The van der Waals surface area contributed by atoms with E-state index in [1.165, 1.54) is 0 Å². The van der Waals surface area contributed by atoms with E-state index in [0.29, 0.717) is 13.0 Å². The molecule has 0 spiro atoms. The first-order valence-electron chi connectivity index (χ1n) is 7.69. The summed E-state index contributed by atoms with van der Waals surface area (Å²) in [5, 5.41) is 22.2. The number of likely N-dealkylation sites (N-methyl/N-ethyl adjacent to an activating group) is 1. The lowest BCUT2D eigenvalue weighted by Gasteiger charge is -2.52. The molecule has 2 aromatic rings. The zero-order valence-electron chi connectivity index (χ0n) is 13.1. The molecule has 3 rings (SSSR count). The summed E-state index contributed by atoms with van der Waals surface area (Å²) in [6, 6.07) is 19.7. The van der Waals surface area contributed by atoms with E-state index >= 15 is 0 Å².